The molecule has 0 aliphatic carbocycles. The summed E-state index contributed by atoms with van der Waals surface area (Å²) in [6, 6.07) is 8.69. The lowest BCUT2D eigenvalue weighted by atomic mass is 10.1. The second-order valence-electron chi connectivity index (χ2n) is 9.52. The van der Waals surface area contributed by atoms with Gasteiger partial charge in [-0.05, 0) is 49.1 Å². The molecule has 36 heavy (non-hydrogen) atoms. The summed E-state index contributed by atoms with van der Waals surface area (Å²) in [6.07, 6.45) is 7.43. The number of rotatable bonds is 5. The van der Waals surface area contributed by atoms with Crippen LogP contribution < -0.4 is 20.9 Å². The molecule has 0 saturated carbocycles. The number of aromatic nitrogens is 5. The van der Waals surface area contributed by atoms with Gasteiger partial charge in [0.2, 0.25) is 5.95 Å². The molecule has 1 atom stereocenters. The number of H-pyrrole nitrogens is 1. The van der Waals surface area contributed by atoms with Crippen molar-refractivity contribution in [1.82, 2.24) is 24.9 Å². The van der Waals surface area contributed by atoms with E-state index in [0.29, 0.717) is 0 Å². The van der Waals surface area contributed by atoms with Crippen LogP contribution in [0.2, 0.25) is 0 Å². The summed E-state index contributed by atoms with van der Waals surface area (Å²) in [5, 5.41) is 4.48. The van der Waals surface area contributed by atoms with Crippen molar-refractivity contribution in [3.8, 4) is 11.3 Å². The van der Waals surface area contributed by atoms with Crippen molar-refractivity contribution >= 4 is 34.2 Å². The van der Waals surface area contributed by atoms with E-state index >= 15 is 0 Å². The van der Waals surface area contributed by atoms with Crippen molar-refractivity contribution in [2.24, 2.45) is 5.73 Å². The van der Waals surface area contributed by atoms with Gasteiger partial charge in [0.25, 0.3) is 0 Å². The van der Waals surface area contributed by atoms with Crippen LogP contribution in [0.15, 0.2) is 43.0 Å². The van der Waals surface area contributed by atoms with Gasteiger partial charge in [-0.25, -0.2) is 19.9 Å². The summed E-state index contributed by atoms with van der Waals surface area (Å²) in [5.41, 5.74) is 12.0. The second kappa shape index (κ2) is 9.71. The Morgan fingerprint density at radius 2 is 1.86 bits per heavy atom. The lowest BCUT2D eigenvalue weighted by Crippen LogP contribution is -2.43. The van der Waals surface area contributed by atoms with Crippen molar-refractivity contribution in [2.45, 2.75) is 25.8 Å². The minimum Gasteiger partial charge on any atom is -0.378 e. The minimum absolute atomic E-state index is 0.191. The Balaban J connectivity index is 1.20. The molecule has 2 fully saturated rings. The Labute approximate surface area is 209 Å². The first-order valence-electron chi connectivity index (χ1n) is 12.5. The predicted molar refractivity (Wildman–Crippen MR) is 142 cm³/mol. The van der Waals surface area contributed by atoms with Gasteiger partial charge in [-0.3, -0.25) is 0 Å². The standard InChI is InChI=1S/C26H31N9O/c1-17-11-18(23-12-21-24(33-23)30-16-31-25(21)34-7-9-36-10-8-34)4-5-22(17)32-20-13-28-26(29-14-20)35-6-2-3-19(27)15-35/h4-5,11-14,16,19,32H,2-3,6-10,15,27H2,1H3,(H,30,31,33)/t19-/m1/s1. The van der Waals surface area contributed by atoms with Gasteiger partial charge in [-0.1, -0.05) is 6.07 Å². The number of aromatic amines is 1. The van der Waals surface area contributed by atoms with Crippen LogP contribution in [0.3, 0.4) is 0 Å². The zero-order chi connectivity index (χ0) is 24.5. The van der Waals surface area contributed by atoms with Gasteiger partial charge in [-0.15, -0.1) is 0 Å². The average Bonchev–Trinajstić information content (AvgIpc) is 3.35. The topological polar surface area (TPSA) is 121 Å². The first kappa shape index (κ1) is 22.7. The molecule has 1 aromatic carbocycles. The molecule has 4 N–H and O–H groups in total. The average molecular weight is 486 g/mol. The van der Waals surface area contributed by atoms with Gasteiger partial charge in [-0.2, -0.15) is 0 Å². The molecule has 0 radical (unpaired) electrons. The van der Waals surface area contributed by atoms with Crippen molar-refractivity contribution in [3.63, 3.8) is 0 Å². The van der Waals surface area contributed by atoms with E-state index in [1.54, 1.807) is 6.33 Å². The predicted octanol–water partition coefficient (Wildman–Crippen LogP) is 3.23. The SMILES string of the molecule is Cc1cc(-c2cc3c(N4CCOCC4)ncnc3[nH]2)ccc1Nc1cnc(N2CCC[C@@H](N)C2)nc1. The highest BCUT2D eigenvalue weighted by molar-refractivity contribution is 5.92. The zero-order valence-electron chi connectivity index (χ0n) is 20.4. The van der Waals surface area contributed by atoms with E-state index in [9.17, 15) is 0 Å². The van der Waals surface area contributed by atoms with E-state index < -0.39 is 0 Å². The Morgan fingerprint density at radius 1 is 1.03 bits per heavy atom. The fourth-order valence-electron chi connectivity index (χ4n) is 4.98. The Kier molecular flexibility index (Phi) is 6.12. The summed E-state index contributed by atoms with van der Waals surface area (Å²) in [4.78, 5) is 26.0. The summed E-state index contributed by atoms with van der Waals surface area (Å²) in [6.45, 7) is 6.96. The molecular formula is C26H31N9O. The maximum Gasteiger partial charge on any atom is 0.225 e. The van der Waals surface area contributed by atoms with Crippen LogP contribution in [0.5, 0.6) is 0 Å². The van der Waals surface area contributed by atoms with Gasteiger partial charge in [0.1, 0.15) is 17.8 Å². The third-order valence-electron chi connectivity index (χ3n) is 6.91. The zero-order valence-corrected chi connectivity index (χ0v) is 20.4. The largest absolute Gasteiger partial charge is 0.378 e. The van der Waals surface area contributed by atoms with Gasteiger partial charge in [0.15, 0.2) is 0 Å². The van der Waals surface area contributed by atoms with E-state index in [0.717, 1.165) is 103 Å². The molecule has 10 heteroatoms. The van der Waals surface area contributed by atoms with Crippen molar-refractivity contribution in [1.29, 1.82) is 0 Å². The Hall–Kier alpha value is -3.76. The normalized spacial score (nSPS) is 18.6. The fourth-order valence-corrected chi connectivity index (χ4v) is 4.98. The number of hydrogen-bond acceptors (Lipinski definition) is 9. The molecule has 5 heterocycles. The van der Waals surface area contributed by atoms with Gasteiger partial charge in [0.05, 0.1) is 36.7 Å². The van der Waals surface area contributed by atoms with Crippen LogP contribution in [0.1, 0.15) is 18.4 Å². The third kappa shape index (κ3) is 4.57. The number of anilines is 4. The summed E-state index contributed by atoms with van der Waals surface area (Å²) >= 11 is 0. The van der Waals surface area contributed by atoms with Crippen molar-refractivity contribution in [3.05, 3.63) is 48.5 Å². The van der Waals surface area contributed by atoms with Crippen LogP contribution in [-0.2, 0) is 4.74 Å². The van der Waals surface area contributed by atoms with Crippen LogP contribution in [-0.4, -0.2) is 70.4 Å². The molecule has 2 aliphatic heterocycles. The number of morpholine rings is 1. The molecule has 0 unspecified atom stereocenters. The summed E-state index contributed by atoms with van der Waals surface area (Å²) < 4.78 is 5.50. The Bertz CT molecular complexity index is 1350. The number of ether oxygens (including phenoxy) is 1. The third-order valence-corrected chi connectivity index (χ3v) is 6.91. The van der Waals surface area contributed by atoms with Crippen molar-refractivity contribution < 1.29 is 4.74 Å². The maximum atomic E-state index is 6.10. The molecule has 6 rings (SSSR count). The first-order valence-corrected chi connectivity index (χ1v) is 12.5. The van der Waals surface area contributed by atoms with E-state index in [2.05, 4.69) is 71.2 Å². The number of benzene rings is 1. The lowest BCUT2D eigenvalue weighted by Gasteiger charge is -2.30. The van der Waals surface area contributed by atoms with Crippen molar-refractivity contribution in [2.75, 3.05) is 54.5 Å². The number of nitrogens with one attached hydrogen (secondary N) is 2. The quantitative estimate of drug-likeness (QED) is 0.391. The van der Waals surface area contributed by atoms with E-state index in [1.807, 2.05) is 12.4 Å². The fraction of sp³-hybridized carbons (Fsp3) is 0.385. The van der Waals surface area contributed by atoms with E-state index in [1.165, 1.54) is 0 Å². The molecule has 10 nitrogen and oxygen atoms in total. The van der Waals surface area contributed by atoms with Gasteiger partial charge >= 0.3 is 0 Å². The highest BCUT2D eigenvalue weighted by Gasteiger charge is 2.19. The second-order valence-corrected chi connectivity index (χ2v) is 9.52. The van der Waals surface area contributed by atoms with Crippen LogP contribution >= 0.6 is 0 Å². The monoisotopic (exact) mass is 485 g/mol. The van der Waals surface area contributed by atoms with E-state index in [4.69, 9.17) is 10.5 Å². The van der Waals surface area contributed by atoms with E-state index in [-0.39, 0.29) is 6.04 Å². The maximum absolute atomic E-state index is 6.10. The molecule has 2 saturated heterocycles. The summed E-state index contributed by atoms with van der Waals surface area (Å²) in [7, 11) is 0. The molecular weight excluding hydrogens is 454 g/mol. The van der Waals surface area contributed by atoms with Gasteiger partial charge < -0.3 is 30.6 Å². The number of aryl methyl sites for hydroxylation is 1. The lowest BCUT2D eigenvalue weighted by molar-refractivity contribution is 0.122. The van der Waals surface area contributed by atoms with Crippen LogP contribution in [0.25, 0.3) is 22.3 Å². The van der Waals surface area contributed by atoms with Gasteiger partial charge in [0, 0.05) is 43.6 Å². The smallest absolute Gasteiger partial charge is 0.225 e. The number of piperidine rings is 1. The first-order chi connectivity index (χ1) is 17.6. The molecule has 186 valence electrons. The molecule has 3 aromatic heterocycles. The molecule has 4 aromatic rings. The number of nitrogens with two attached hydrogens (primary N) is 1. The molecule has 0 bridgehead atoms. The molecule has 0 amide bonds. The van der Waals surface area contributed by atoms with Crippen LogP contribution in [0, 0.1) is 6.92 Å². The number of nitrogens with zero attached hydrogens (tertiary/aromatic N) is 6. The minimum atomic E-state index is 0.191. The number of fused-ring (bicyclic) bond motifs is 1. The highest BCUT2D eigenvalue weighted by Crippen LogP contribution is 2.31. The highest BCUT2D eigenvalue weighted by atomic mass is 16.5. The number of hydrogen-bond donors (Lipinski definition) is 3. The molecule has 2 aliphatic rings. The summed E-state index contributed by atoms with van der Waals surface area (Å²) in [5.74, 6) is 1.69. The van der Waals surface area contributed by atoms with Crippen LogP contribution in [0.4, 0.5) is 23.1 Å². The Morgan fingerprint density at radius 3 is 2.64 bits per heavy atom. The molecule has 0 spiro atoms.